The molecule has 1 N–H and O–H groups in total. The number of likely N-dealkylation sites (N-methyl/N-ethyl adjacent to an activating group) is 1. The zero-order valence-electron chi connectivity index (χ0n) is 25.0. The number of ether oxygens (including phenoxy) is 2. The van der Waals surface area contributed by atoms with Crippen LogP contribution in [0.15, 0.2) is 24.8 Å². The van der Waals surface area contributed by atoms with Crippen LogP contribution in [-0.4, -0.2) is 111 Å². The van der Waals surface area contributed by atoms with Crippen molar-refractivity contribution in [2.75, 3.05) is 50.1 Å². The molecule has 1 fully saturated rings. The molecule has 0 saturated carbocycles. The first-order valence-corrected chi connectivity index (χ1v) is 13.3. The number of hydrogen-bond acceptors (Lipinski definition) is 12. The highest BCUT2D eigenvalue weighted by Gasteiger charge is 2.33. The number of rotatable bonds is 7. The zero-order valence-corrected chi connectivity index (χ0v) is 25.0. The van der Waals surface area contributed by atoms with E-state index in [9.17, 15) is 14.4 Å². The average molecular weight is 573 g/mol. The Balaban J connectivity index is 1.75. The van der Waals surface area contributed by atoms with Crippen molar-refractivity contribution >= 4 is 30.1 Å². The van der Waals surface area contributed by atoms with Gasteiger partial charge in [0.1, 0.15) is 11.2 Å². The summed E-state index contributed by atoms with van der Waals surface area (Å²) in [6.07, 6.45) is 4.12. The van der Waals surface area contributed by atoms with Crippen molar-refractivity contribution in [2.24, 2.45) is 0 Å². The zero-order chi connectivity index (χ0) is 30.5. The molecule has 3 rings (SSSR count). The van der Waals surface area contributed by atoms with Gasteiger partial charge in [0, 0.05) is 56.5 Å². The van der Waals surface area contributed by atoms with E-state index in [1.54, 1.807) is 53.9 Å². The molecule has 1 unspecified atom stereocenters. The second-order valence-corrected chi connectivity index (χ2v) is 12.1. The van der Waals surface area contributed by atoms with Crippen LogP contribution in [0.25, 0.3) is 0 Å². The van der Waals surface area contributed by atoms with Crippen molar-refractivity contribution in [1.29, 1.82) is 0 Å². The molecule has 1 atom stereocenters. The first kappa shape index (κ1) is 31.5. The quantitative estimate of drug-likeness (QED) is 0.517. The normalized spacial score (nSPS) is 16.0. The Kier molecular flexibility index (Phi) is 9.69. The van der Waals surface area contributed by atoms with Gasteiger partial charge in [0.05, 0.1) is 18.2 Å². The van der Waals surface area contributed by atoms with Crippen LogP contribution in [0.1, 0.15) is 57.5 Å². The molecule has 41 heavy (non-hydrogen) atoms. The fourth-order valence-corrected chi connectivity index (χ4v) is 4.07. The maximum Gasteiger partial charge on any atom is 0.420 e. The number of nitrogens with zero attached hydrogens (tertiary/aromatic N) is 8. The number of imide groups is 1. The largest absolute Gasteiger partial charge is 0.478 e. The molecule has 2 amide bonds. The molecular weight excluding hydrogens is 532 g/mol. The van der Waals surface area contributed by atoms with E-state index in [1.807, 2.05) is 19.0 Å². The number of hydrogen-bond donors (Lipinski definition) is 1. The van der Waals surface area contributed by atoms with E-state index in [0.717, 1.165) is 4.90 Å². The van der Waals surface area contributed by atoms with E-state index in [2.05, 4.69) is 29.7 Å². The monoisotopic (exact) mass is 572 g/mol. The van der Waals surface area contributed by atoms with E-state index in [0.29, 0.717) is 43.6 Å². The number of aromatic nitrogens is 4. The van der Waals surface area contributed by atoms with E-state index < -0.39 is 29.4 Å². The summed E-state index contributed by atoms with van der Waals surface area (Å²) in [5.41, 5.74) is -1.04. The molecule has 3 heterocycles. The molecule has 1 aliphatic rings. The number of carboxylic acid groups (broad SMARTS) is 1. The highest BCUT2D eigenvalue weighted by molar-refractivity contribution is 5.88. The van der Waals surface area contributed by atoms with Gasteiger partial charge in [-0.25, -0.2) is 39.2 Å². The molecular formula is C27H40N8O6. The number of anilines is 2. The Labute approximate surface area is 240 Å². The Hall–Kier alpha value is -4.07. The number of carboxylic acids is 1. The molecule has 224 valence electrons. The van der Waals surface area contributed by atoms with Crippen LogP contribution >= 0.6 is 0 Å². The average Bonchev–Trinajstić information content (AvgIpc) is 2.85. The van der Waals surface area contributed by atoms with Crippen LogP contribution in [-0.2, 0) is 16.0 Å². The highest BCUT2D eigenvalue weighted by atomic mass is 16.6. The summed E-state index contributed by atoms with van der Waals surface area (Å²) in [6, 6.07) is -0.0208. The molecule has 1 aliphatic heterocycles. The number of carbonyl (C=O) groups excluding carboxylic acids is 2. The van der Waals surface area contributed by atoms with Gasteiger partial charge in [-0.3, -0.25) is 0 Å². The molecule has 0 radical (unpaired) electrons. The van der Waals surface area contributed by atoms with Crippen molar-refractivity contribution in [3.8, 4) is 0 Å². The molecule has 1 saturated heterocycles. The predicted octanol–water partition coefficient (Wildman–Crippen LogP) is 2.89. The minimum atomic E-state index is -1.08. The van der Waals surface area contributed by atoms with Gasteiger partial charge < -0.3 is 29.3 Å². The smallest absolute Gasteiger partial charge is 0.420 e. The van der Waals surface area contributed by atoms with Gasteiger partial charge in [-0.15, -0.1) is 0 Å². The lowest BCUT2D eigenvalue weighted by Gasteiger charge is -2.42. The fraction of sp³-hybridized carbons (Fsp3) is 0.593. The van der Waals surface area contributed by atoms with Crippen molar-refractivity contribution in [3.05, 3.63) is 35.9 Å². The van der Waals surface area contributed by atoms with E-state index in [-0.39, 0.29) is 18.2 Å². The van der Waals surface area contributed by atoms with Gasteiger partial charge in [0.2, 0.25) is 11.9 Å². The van der Waals surface area contributed by atoms with Gasteiger partial charge in [0.25, 0.3) is 0 Å². The summed E-state index contributed by atoms with van der Waals surface area (Å²) in [5.74, 6) is -0.116. The third-order valence-electron chi connectivity index (χ3n) is 5.74. The lowest BCUT2D eigenvalue weighted by molar-refractivity contribution is -0.000310. The van der Waals surface area contributed by atoms with Gasteiger partial charge >= 0.3 is 18.2 Å². The Morgan fingerprint density at radius 2 is 1.39 bits per heavy atom. The second-order valence-electron chi connectivity index (χ2n) is 12.1. The van der Waals surface area contributed by atoms with Crippen LogP contribution in [0.2, 0.25) is 0 Å². The maximum atomic E-state index is 12.8. The summed E-state index contributed by atoms with van der Waals surface area (Å²) in [7, 11) is 3.94. The first-order chi connectivity index (χ1) is 19.0. The van der Waals surface area contributed by atoms with Gasteiger partial charge in [-0.2, -0.15) is 0 Å². The topological polar surface area (TPSA) is 154 Å². The highest BCUT2D eigenvalue weighted by Crippen LogP contribution is 2.21. The Bertz CT molecular complexity index is 1180. The number of piperazine rings is 1. The maximum absolute atomic E-state index is 12.8. The molecule has 0 bridgehead atoms. The van der Waals surface area contributed by atoms with Crippen molar-refractivity contribution < 1.29 is 29.0 Å². The first-order valence-electron chi connectivity index (χ1n) is 13.3. The lowest BCUT2D eigenvalue weighted by atomic mass is 10.1. The molecule has 0 aliphatic carbocycles. The Morgan fingerprint density at radius 3 is 1.85 bits per heavy atom. The summed E-state index contributed by atoms with van der Waals surface area (Å²) < 4.78 is 10.8. The van der Waals surface area contributed by atoms with E-state index in [4.69, 9.17) is 14.6 Å². The van der Waals surface area contributed by atoms with Crippen LogP contribution in [0, 0.1) is 0 Å². The van der Waals surface area contributed by atoms with Crippen molar-refractivity contribution in [2.45, 2.75) is 65.3 Å². The van der Waals surface area contributed by atoms with Crippen LogP contribution in [0.3, 0.4) is 0 Å². The summed E-state index contributed by atoms with van der Waals surface area (Å²) >= 11 is 0. The minimum absolute atomic E-state index is 0.0208. The SMILES string of the molecule is CN(C)CC1CN(c2ncc(CN(C(=O)OC(C)(C)C)C(=O)OC(C)(C)C)cn2)CCN1c1ncc(C(=O)O)cn1. The van der Waals surface area contributed by atoms with E-state index in [1.165, 1.54) is 12.4 Å². The van der Waals surface area contributed by atoms with Crippen LogP contribution in [0.4, 0.5) is 21.5 Å². The number of amides is 2. The minimum Gasteiger partial charge on any atom is -0.478 e. The van der Waals surface area contributed by atoms with Gasteiger partial charge in [0.15, 0.2) is 0 Å². The standard InChI is InChI=1S/C27H40N8O6/c1-26(2,3)40-24(38)35(25(39)41-27(4,5)6)15-18-11-28-22(29-12-18)33-9-10-34(20(17-33)16-32(7)8)23-30-13-19(14-31-23)21(36)37/h11-14,20H,9-10,15-17H2,1-8H3,(H,36,37). The predicted molar refractivity (Wildman–Crippen MR) is 151 cm³/mol. The van der Waals surface area contributed by atoms with Gasteiger partial charge in [-0.05, 0) is 55.6 Å². The van der Waals surface area contributed by atoms with Crippen molar-refractivity contribution in [3.63, 3.8) is 0 Å². The molecule has 0 spiro atoms. The van der Waals surface area contributed by atoms with Crippen LogP contribution < -0.4 is 9.80 Å². The fourth-order valence-electron chi connectivity index (χ4n) is 4.07. The van der Waals surface area contributed by atoms with E-state index >= 15 is 0 Å². The van der Waals surface area contributed by atoms with Crippen molar-refractivity contribution in [1.82, 2.24) is 29.7 Å². The second kappa shape index (κ2) is 12.6. The summed E-state index contributed by atoms with van der Waals surface area (Å²) in [4.78, 5) is 61.5. The summed E-state index contributed by atoms with van der Waals surface area (Å²) in [6.45, 7) is 12.6. The molecule has 2 aromatic heterocycles. The lowest BCUT2D eigenvalue weighted by Crippen LogP contribution is -2.57. The molecule has 2 aromatic rings. The number of carbonyl (C=O) groups is 3. The third-order valence-corrected chi connectivity index (χ3v) is 5.74. The Morgan fingerprint density at radius 1 is 0.878 bits per heavy atom. The third kappa shape index (κ3) is 9.23. The number of aromatic carboxylic acids is 1. The van der Waals surface area contributed by atoms with Gasteiger partial charge in [-0.1, -0.05) is 0 Å². The van der Waals surface area contributed by atoms with Crippen LogP contribution in [0.5, 0.6) is 0 Å². The molecule has 14 heteroatoms. The molecule has 14 nitrogen and oxygen atoms in total. The summed E-state index contributed by atoms with van der Waals surface area (Å²) in [5, 5.41) is 9.16. The molecule has 0 aromatic carbocycles.